The third kappa shape index (κ3) is 5.51. The summed E-state index contributed by atoms with van der Waals surface area (Å²) in [5.74, 6) is -0.280. The molecular weight excluding hydrogens is 401 g/mol. The molecule has 0 radical (unpaired) electrons. The van der Waals surface area contributed by atoms with Crippen molar-refractivity contribution in [2.45, 2.75) is 72.6 Å². The second-order valence-electron chi connectivity index (χ2n) is 6.11. The van der Waals surface area contributed by atoms with E-state index in [1.54, 1.807) is 11.3 Å². The van der Waals surface area contributed by atoms with Crippen LogP contribution in [0.3, 0.4) is 0 Å². The van der Waals surface area contributed by atoms with Crippen molar-refractivity contribution in [1.82, 2.24) is 4.98 Å². The van der Waals surface area contributed by atoms with Gasteiger partial charge in [-0.3, -0.25) is 0 Å². The van der Waals surface area contributed by atoms with E-state index in [0.717, 1.165) is 0 Å². The molecule has 1 aromatic rings. The van der Waals surface area contributed by atoms with Crippen LogP contribution >= 0.6 is 11.3 Å². The fraction of sp³-hybridized carbons (Fsp3) is 0.765. The van der Waals surface area contributed by atoms with Crippen LogP contribution < -0.4 is 2.89 Å². The molecule has 0 N–H and O–H groups in total. The molecule has 0 saturated heterocycles. The van der Waals surface area contributed by atoms with E-state index in [4.69, 9.17) is 4.74 Å². The Balaban J connectivity index is 3.07. The Morgan fingerprint density at radius 3 is 2.00 bits per heavy atom. The van der Waals surface area contributed by atoms with Gasteiger partial charge in [0.15, 0.2) is 0 Å². The fourth-order valence-electron chi connectivity index (χ4n) is 2.99. The third-order valence-corrected chi connectivity index (χ3v) is 23.6. The van der Waals surface area contributed by atoms with E-state index in [2.05, 4.69) is 25.8 Å². The topological polar surface area (TPSA) is 39.2 Å². The zero-order chi connectivity index (χ0) is 16.4. The number of hydrogen-bond donors (Lipinski definition) is 0. The number of methoxy groups -OCH3 is 1. The van der Waals surface area contributed by atoms with Gasteiger partial charge in [0, 0.05) is 0 Å². The standard InChI is InChI=1S/C5H4NO2S.3C4H9.Sn/c1-8-5(7)4-6-2-3-9-4;3*1-3-4-2;/h2H,1H3;3*1,3-4H2,2H3;. The Labute approximate surface area is 143 Å². The average molecular weight is 432 g/mol. The van der Waals surface area contributed by atoms with Crippen LogP contribution in [0.25, 0.3) is 0 Å². The Kier molecular flexibility index (Phi) is 9.64. The van der Waals surface area contributed by atoms with E-state index in [9.17, 15) is 4.79 Å². The molecule has 22 heavy (non-hydrogen) atoms. The van der Waals surface area contributed by atoms with Gasteiger partial charge in [-0.15, -0.1) is 0 Å². The summed E-state index contributed by atoms with van der Waals surface area (Å²) in [4.78, 5) is 16.1. The van der Waals surface area contributed by atoms with E-state index < -0.39 is 18.4 Å². The van der Waals surface area contributed by atoms with E-state index in [0.29, 0.717) is 5.01 Å². The number of rotatable bonds is 11. The Morgan fingerprint density at radius 2 is 1.59 bits per heavy atom. The summed E-state index contributed by atoms with van der Waals surface area (Å²) < 4.78 is 10.6. The van der Waals surface area contributed by atoms with Gasteiger partial charge in [0.1, 0.15) is 0 Å². The molecule has 0 spiro atoms. The van der Waals surface area contributed by atoms with Gasteiger partial charge >= 0.3 is 144 Å². The van der Waals surface area contributed by atoms with Gasteiger partial charge in [-0.1, -0.05) is 0 Å². The Hall–Kier alpha value is -0.101. The predicted octanol–water partition coefficient (Wildman–Crippen LogP) is 4.99. The number of hydrogen-bond acceptors (Lipinski definition) is 4. The minimum absolute atomic E-state index is 0.280. The van der Waals surface area contributed by atoms with Gasteiger partial charge in [0.25, 0.3) is 0 Å². The predicted molar refractivity (Wildman–Crippen MR) is 98.0 cm³/mol. The summed E-state index contributed by atoms with van der Waals surface area (Å²) in [6.07, 6.45) is 9.80. The zero-order valence-corrected chi connectivity index (χ0v) is 18.3. The van der Waals surface area contributed by atoms with E-state index >= 15 is 0 Å². The van der Waals surface area contributed by atoms with E-state index in [-0.39, 0.29) is 5.97 Å². The molecule has 1 rings (SSSR count). The average Bonchev–Trinajstić information content (AvgIpc) is 3.04. The number of ether oxygens (including phenoxy) is 1. The van der Waals surface area contributed by atoms with Crippen LogP contribution in [0.15, 0.2) is 6.20 Å². The minimum atomic E-state index is -2.41. The van der Waals surface area contributed by atoms with Crippen LogP contribution in [-0.2, 0) is 4.74 Å². The van der Waals surface area contributed by atoms with Crippen molar-refractivity contribution in [2.75, 3.05) is 7.11 Å². The maximum atomic E-state index is 11.7. The molecule has 0 saturated carbocycles. The summed E-state index contributed by atoms with van der Waals surface area (Å²) >= 11 is -0.776. The number of thiazole rings is 1. The molecular formula is C17H31NO2SSn. The van der Waals surface area contributed by atoms with Crippen molar-refractivity contribution < 1.29 is 9.53 Å². The second kappa shape index (κ2) is 10.6. The summed E-state index contributed by atoms with van der Waals surface area (Å²) in [7, 11) is 1.44. The van der Waals surface area contributed by atoms with Crippen LogP contribution in [0.2, 0.25) is 13.3 Å². The molecule has 0 aliphatic carbocycles. The zero-order valence-electron chi connectivity index (χ0n) is 14.6. The quantitative estimate of drug-likeness (QED) is 0.366. The van der Waals surface area contributed by atoms with E-state index in [1.165, 1.54) is 61.8 Å². The first kappa shape index (κ1) is 19.9. The first-order valence-corrected chi connectivity index (χ1v) is 17.0. The van der Waals surface area contributed by atoms with Crippen molar-refractivity contribution in [3.05, 3.63) is 11.2 Å². The normalized spacial score (nSPS) is 11.6. The van der Waals surface area contributed by atoms with Crippen LogP contribution in [0.4, 0.5) is 0 Å². The molecule has 0 atom stereocenters. The second-order valence-corrected chi connectivity index (χ2v) is 21.3. The van der Waals surface area contributed by atoms with Gasteiger partial charge in [0.05, 0.1) is 0 Å². The molecule has 0 aliphatic rings. The summed E-state index contributed by atoms with van der Waals surface area (Å²) in [6, 6.07) is 0. The van der Waals surface area contributed by atoms with Crippen LogP contribution in [0.5, 0.6) is 0 Å². The molecule has 126 valence electrons. The SMILES string of the molecule is CCC[CH2][Sn]([CH2]CCC)([CH2]CCC)[c]1cnc(C(=O)OC)s1. The number of esters is 1. The van der Waals surface area contributed by atoms with Crippen molar-refractivity contribution in [3.63, 3.8) is 0 Å². The molecule has 1 heterocycles. The number of nitrogens with zero attached hydrogens (tertiary/aromatic N) is 1. The van der Waals surface area contributed by atoms with Gasteiger partial charge in [-0.05, 0) is 0 Å². The van der Waals surface area contributed by atoms with Gasteiger partial charge < -0.3 is 0 Å². The van der Waals surface area contributed by atoms with Gasteiger partial charge in [-0.2, -0.15) is 0 Å². The van der Waals surface area contributed by atoms with Crippen molar-refractivity contribution in [1.29, 1.82) is 0 Å². The molecule has 0 amide bonds. The first-order chi connectivity index (χ1) is 10.6. The van der Waals surface area contributed by atoms with Gasteiger partial charge in [-0.25, -0.2) is 0 Å². The summed E-state index contributed by atoms with van der Waals surface area (Å²) in [5.41, 5.74) is 0. The number of carbonyl (C=O) groups excluding carboxylic acids is 1. The van der Waals surface area contributed by atoms with E-state index in [1.807, 2.05) is 6.20 Å². The number of aromatic nitrogens is 1. The molecule has 5 heteroatoms. The van der Waals surface area contributed by atoms with Crippen LogP contribution in [-0.4, -0.2) is 36.4 Å². The number of unbranched alkanes of at least 4 members (excludes halogenated alkanes) is 3. The summed E-state index contributed by atoms with van der Waals surface area (Å²) in [6.45, 7) is 6.84. The molecule has 1 aromatic heterocycles. The molecule has 0 aromatic carbocycles. The molecule has 0 fully saturated rings. The number of carbonyl (C=O) groups is 1. The monoisotopic (exact) mass is 433 g/mol. The molecule has 0 unspecified atom stereocenters. The Morgan fingerprint density at radius 1 is 1.09 bits per heavy atom. The van der Waals surface area contributed by atoms with Crippen molar-refractivity contribution >= 4 is 38.6 Å². The van der Waals surface area contributed by atoms with Crippen LogP contribution in [0, 0.1) is 0 Å². The third-order valence-electron chi connectivity index (χ3n) is 4.42. The van der Waals surface area contributed by atoms with Crippen LogP contribution in [0.1, 0.15) is 69.1 Å². The van der Waals surface area contributed by atoms with Crippen molar-refractivity contribution in [3.8, 4) is 0 Å². The first-order valence-electron chi connectivity index (χ1n) is 8.68. The maximum absolute atomic E-state index is 11.7. The summed E-state index contributed by atoms with van der Waals surface area (Å²) in [5, 5.41) is 0.545. The van der Waals surface area contributed by atoms with Gasteiger partial charge in [0.2, 0.25) is 0 Å². The molecule has 0 bridgehead atoms. The molecule has 3 nitrogen and oxygen atoms in total. The fourth-order valence-corrected chi connectivity index (χ4v) is 22.6. The van der Waals surface area contributed by atoms with Crippen molar-refractivity contribution in [2.24, 2.45) is 0 Å². The Bertz CT molecular complexity index is 426. The molecule has 0 aliphatic heterocycles.